The van der Waals surface area contributed by atoms with Gasteiger partial charge in [0.25, 0.3) is 0 Å². The van der Waals surface area contributed by atoms with E-state index in [0.29, 0.717) is 0 Å². The summed E-state index contributed by atoms with van der Waals surface area (Å²) in [4.78, 5) is 14.0. The van der Waals surface area contributed by atoms with Gasteiger partial charge in [0, 0.05) is 49.9 Å². The molecule has 0 aliphatic carbocycles. The van der Waals surface area contributed by atoms with E-state index < -0.39 is 0 Å². The summed E-state index contributed by atoms with van der Waals surface area (Å²) in [6, 6.07) is 0.274. The second-order valence-electron chi connectivity index (χ2n) is 5.52. The summed E-state index contributed by atoms with van der Waals surface area (Å²) in [5.74, 6) is 0.878. The van der Waals surface area contributed by atoms with E-state index in [-0.39, 0.29) is 6.04 Å². The van der Waals surface area contributed by atoms with Crippen molar-refractivity contribution in [2.45, 2.75) is 32.4 Å². The molecule has 0 spiro atoms. The van der Waals surface area contributed by atoms with E-state index in [9.17, 15) is 0 Å². The fraction of sp³-hybridized carbons (Fsp3) is 0.692. The Morgan fingerprint density at radius 3 is 2.83 bits per heavy atom. The Balaban J connectivity index is 1.92. The van der Waals surface area contributed by atoms with Gasteiger partial charge >= 0.3 is 0 Å². The third kappa shape index (κ3) is 2.08. The molecule has 3 heterocycles. The van der Waals surface area contributed by atoms with E-state index >= 15 is 0 Å². The van der Waals surface area contributed by atoms with Crippen molar-refractivity contribution in [2.75, 3.05) is 31.6 Å². The third-order valence-corrected chi connectivity index (χ3v) is 3.95. The molecule has 1 unspecified atom stereocenters. The zero-order valence-corrected chi connectivity index (χ0v) is 11.2. The Kier molecular flexibility index (Phi) is 2.95. The Morgan fingerprint density at radius 1 is 1.28 bits per heavy atom. The maximum absolute atomic E-state index is 5.95. The molecule has 1 aromatic heterocycles. The normalized spacial score (nSPS) is 24.4. The Labute approximate surface area is 108 Å². The SMILES string of the molecule is Cc1nc(N2CCC(N)C2)nc2c1CN(C)CC2. The van der Waals surface area contributed by atoms with E-state index in [1.54, 1.807) is 0 Å². The smallest absolute Gasteiger partial charge is 0.225 e. The van der Waals surface area contributed by atoms with E-state index in [1.165, 1.54) is 11.3 Å². The van der Waals surface area contributed by atoms with Crippen molar-refractivity contribution in [3.8, 4) is 0 Å². The van der Waals surface area contributed by atoms with Crippen molar-refractivity contribution >= 4 is 5.95 Å². The van der Waals surface area contributed by atoms with Crippen molar-refractivity contribution in [2.24, 2.45) is 5.73 Å². The maximum Gasteiger partial charge on any atom is 0.225 e. The summed E-state index contributed by atoms with van der Waals surface area (Å²) >= 11 is 0. The molecule has 0 saturated carbocycles. The molecule has 2 N–H and O–H groups in total. The predicted octanol–water partition coefficient (Wildman–Crippen LogP) is 0.310. The van der Waals surface area contributed by atoms with Gasteiger partial charge in [-0.1, -0.05) is 0 Å². The molecule has 2 aliphatic heterocycles. The van der Waals surface area contributed by atoms with Gasteiger partial charge in [-0.2, -0.15) is 0 Å². The van der Waals surface area contributed by atoms with Gasteiger partial charge < -0.3 is 15.5 Å². The second kappa shape index (κ2) is 4.48. The Hall–Kier alpha value is -1.20. The summed E-state index contributed by atoms with van der Waals surface area (Å²) in [7, 11) is 2.15. The van der Waals surface area contributed by atoms with Crippen molar-refractivity contribution in [1.82, 2.24) is 14.9 Å². The predicted molar refractivity (Wildman–Crippen MR) is 71.6 cm³/mol. The van der Waals surface area contributed by atoms with Crippen LogP contribution in [0.3, 0.4) is 0 Å². The van der Waals surface area contributed by atoms with Gasteiger partial charge in [0.2, 0.25) is 5.95 Å². The monoisotopic (exact) mass is 247 g/mol. The standard InChI is InChI=1S/C13H21N5/c1-9-11-8-17(2)5-4-12(11)16-13(15-9)18-6-3-10(14)7-18/h10H,3-8,14H2,1-2H3. The molecular formula is C13H21N5. The molecule has 0 radical (unpaired) electrons. The molecule has 1 aromatic rings. The molecular weight excluding hydrogens is 226 g/mol. The summed E-state index contributed by atoms with van der Waals surface area (Å²) in [5, 5.41) is 0. The van der Waals surface area contributed by atoms with Gasteiger partial charge in [-0.05, 0) is 20.4 Å². The van der Waals surface area contributed by atoms with E-state index in [1.807, 2.05) is 0 Å². The van der Waals surface area contributed by atoms with E-state index in [0.717, 1.165) is 50.7 Å². The van der Waals surface area contributed by atoms with Crippen molar-refractivity contribution in [3.63, 3.8) is 0 Å². The first-order valence-electron chi connectivity index (χ1n) is 6.69. The zero-order valence-electron chi connectivity index (χ0n) is 11.2. The van der Waals surface area contributed by atoms with Crippen LogP contribution in [0.1, 0.15) is 23.4 Å². The number of nitrogens with zero attached hydrogens (tertiary/aromatic N) is 4. The van der Waals surface area contributed by atoms with Crippen LogP contribution in [0, 0.1) is 6.92 Å². The molecule has 1 atom stereocenters. The number of likely N-dealkylation sites (N-methyl/N-ethyl adjacent to an activating group) is 1. The third-order valence-electron chi connectivity index (χ3n) is 3.95. The summed E-state index contributed by atoms with van der Waals surface area (Å²) in [5.41, 5.74) is 9.63. The van der Waals surface area contributed by atoms with Crippen LogP contribution in [-0.2, 0) is 13.0 Å². The van der Waals surface area contributed by atoms with Crippen LogP contribution in [-0.4, -0.2) is 47.6 Å². The number of aryl methyl sites for hydroxylation is 1. The average molecular weight is 247 g/mol. The first-order valence-corrected chi connectivity index (χ1v) is 6.69. The van der Waals surface area contributed by atoms with Crippen LogP contribution in [0.5, 0.6) is 0 Å². The van der Waals surface area contributed by atoms with Crippen LogP contribution in [0.15, 0.2) is 0 Å². The van der Waals surface area contributed by atoms with E-state index in [2.05, 4.69) is 28.8 Å². The molecule has 98 valence electrons. The summed E-state index contributed by atoms with van der Waals surface area (Å²) < 4.78 is 0. The van der Waals surface area contributed by atoms with Gasteiger partial charge in [-0.3, -0.25) is 0 Å². The number of anilines is 1. The fourth-order valence-corrected chi connectivity index (χ4v) is 2.81. The second-order valence-corrected chi connectivity index (χ2v) is 5.52. The van der Waals surface area contributed by atoms with Crippen LogP contribution in [0.2, 0.25) is 0 Å². The van der Waals surface area contributed by atoms with Crippen LogP contribution >= 0.6 is 0 Å². The molecule has 3 rings (SSSR count). The van der Waals surface area contributed by atoms with Crippen molar-refractivity contribution in [3.05, 3.63) is 17.0 Å². The highest BCUT2D eigenvalue weighted by Crippen LogP contribution is 2.23. The van der Waals surface area contributed by atoms with Gasteiger partial charge in [-0.25, -0.2) is 9.97 Å². The van der Waals surface area contributed by atoms with Crippen LogP contribution in [0.4, 0.5) is 5.95 Å². The Bertz CT molecular complexity index is 459. The topological polar surface area (TPSA) is 58.3 Å². The quantitative estimate of drug-likeness (QED) is 0.774. The lowest BCUT2D eigenvalue weighted by Gasteiger charge is -2.27. The number of aromatic nitrogens is 2. The number of nitrogens with two attached hydrogens (primary N) is 1. The highest BCUT2D eigenvalue weighted by Gasteiger charge is 2.24. The number of fused-ring (bicyclic) bond motifs is 1. The van der Waals surface area contributed by atoms with Crippen LogP contribution < -0.4 is 10.6 Å². The summed E-state index contributed by atoms with van der Waals surface area (Å²) in [6.45, 7) is 6.03. The summed E-state index contributed by atoms with van der Waals surface area (Å²) in [6.07, 6.45) is 2.07. The van der Waals surface area contributed by atoms with Crippen molar-refractivity contribution in [1.29, 1.82) is 0 Å². The number of hydrogen-bond acceptors (Lipinski definition) is 5. The highest BCUT2D eigenvalue weighted by atomic mass is 15.3. The number of rotatable bonds is 1. The van der Waals surface area contributed by atoms with Gasteiger partial charge in [0.05, 0.1) is 5.69 Å². The molecule has 5 heteroatoms. The molecule has 0 amide bonds. The van der Waals surface area contributed by atoms with Crippen LogP contribution in [0.25, 0.3) is 0 Å². The fourth-order valence-electron chi connectivity index (χ4n) is 2.81. The molecule has 18 heavy (non-hydrogen) atoms. The maximum atomic E-state index is 5.95. The van der Waals surface area contributed by atoms with Crippen molar-refractivity contribution < 1.29 is 0 Å². The first-order chi connectivity index (χ1) is 8.63. The molecule has 1 fully saturated rings. The molecule has 0 aromatic carbocycles. The number of hydrogen-bond donors (Lipinski definition) is 1. The van der Waals surface area contributed by atoms with Gasteiger partial charge in [-0.15, -0.1) is 0 Å². The minimum atomic E-state index is 0.274. The molecule has 5 nitrogen and oxygen atoms in total. The molecule has 1 saturated heterocycles. The largest absolute Gasteiger partial charge is 0.339 e. The van der Waals surface area contributed by atoms with Gasteiger partial charge in [0.15, 0.2) is 0 Å². The lowest BCUT2D eigenvalue weighted by molar-refractivity contribution is 0.308. The average Bonchev–Trinajstić information content (AvgIpc) is 2.77. The Morgan fingerprint density at radius 2 is 2.11 bits per heavy atom. The highest BCUT2D eigenvalue weighted by molar-refractivity contribution is 5.39. The minimum Gasteiger partial charge on any atom is -0.339 e. The van der Waals surface area contributed by atoms with E-state index in [4.69, 9.17) is 10.7 Å². The first kappa shape index (κ1) is 11.9. The lowest BCUT2D eigenvalue weighted by atomic mass is 10.1. The van der Waals surface area contributed by atoms with Gasteiger partial charge in [0.1, 0.15) is 0 Å². The molecule has 2 aliphatic rings. The lowest BCUT2D eigenvalue weighted by Crippen LogP contribution is -2.31. The zero-order chi connectivity index (χ0) is 12.7. The molecule has 0 bridgehead atoms. The minimum absolute atomic E-state index is 0.274.